The van der Waals surface area contributed by atoms with Crippen molar-refractivity contribution in [2.45, 2.75) is 5.33 Å². The average molecular weight is 307 g/mol. The zero-order valence-electron chi connectivity index (χ0n) is 9.61. The van der Waals surface area contributed by atoms with Gasteiger partial charge in [0, 0.05) is 5.33 Å². The molecule has 92 valence electrons. The predicted molar refractivity (Wildman–Crippen MR) is 76.7 cm³/mol. The second-order valence-electron chi connectivity index (χ2n) is 3.72. The number of rotatable bonds is 4. The van der Waals surface area contributed by atoms with Crippen LogP contribution in [0.5, 0.6) is 0 Å². The van der Waals surface area contributed by atoms with Gasteiger partial charge in [-0.1, -0.05) is 46.3 Å². The molecule has 0 radical (unpaired) electrons. The number of halogens is 2. The fourth-order valence-corrected chi connectivity index (χ4v) is 1.90. The molecule has 1 N–H and O–H groups in total. The summed E-state index contributed by atoms with van der Waals surface area (Å²) in [6, 6.07) is 14.6. The Morgan fingerprint density at radius 1 is 1.17 bits per heavy atom. The van der Waals surface area contributed by atoms with Crippen LogP contribution in [0.4, 0.5) is 10.1 Å². The lowest BCUT2D eigenvalue weighted by atomic mass is 10.1. The highest BCUT2D eigenvalue weighted by molar-refractivity contribution is 9.08. The Hall–Kier alpha value is -1.68. The average Bonchev–Trinajstić information content (AvgIpc) is 2.40. The summed E-state index contributed by atoms with van der Waals surface area (Å²) in [6.07, 6.45) is 1.59. The van der Waals surface area contributed by atoms with Crippen LogP contribution in [0, 0.1) is 5.82 Å². The van der Waals surface area contributed by atoms with Crippen LogP contribution in [0.3, 0.4) is 0 Å². The van der Waals surface area contributed by atoms with E-state index in [0.717, 1.165) is 11.3 Å². The third-order valence-electron chi connectivity index (χ3n) is 2.40. The van der Waals surface area contributed by atoms with E-state index >= 15 is 0 Å². The van der Waals surface area contributed by atoms with Crippen molar-refractivity contribution in [1.82, 2.24) is 0 Å². The molecule has 0 saturated heterocycles. The van der Waals surface area contributed by atoms with Gasteiger partial charge in [0.05, 0.1) is 11.9 Å². The number of nitrogens with one attached hydrogen (secondary N) is 1. The van der Waals surface area contributed by atoms with Crippen molar-refractivity contribution in [2.24, 2.45) is 5.10 Å². The van der Waals surface area contributed by atoms with Crippen molar-refractivity contribution in [1.29, 1.82) is 0 Å². The van der Waals surface area contributed by atoms with Crippen molar-refractivity contribution in [3.05, 3.63) is 65.5 Å². The van der Waals surface area contributed by atoms with Crippen LogP contribution in [-0.4, -0.2) is 6.21 Å². The van der Waals surface area contributed by atoms with Crippen LogP contribution in [0.15, 0.2) is 53.6 Å². The Morgan fingerprint density at radius 2 is 1.94 bits per heavy atom. The Bertz CT molecular complexity index is 541. The number of benzene rings is 2. The second-order valence-corrected chi connectivity index (χ2v) is 4.28. The Labute approximate surface area is 114 Å². The SMILES string of the molecule is Fc1cc(C=NNc2ccccc2)ccc1CBr. The molecule has 0 aliphatic carbocycles. The third-order valence-corrected chi connectivity index (χ3v) is 3.01. The first-order chi connectivity index (χ1) is 8.79. The molecule has 2 rings (SSSR count). The molecule has 0 aromatic heterocycles. The number of anilines is 1. The van der Waals surface area contributed by atoms with E-state index in [0.29, 0.717) is 10.9 Å². The molecule has 0 aliphatic heterocycles. The van der Waals surface area contributed by atoms with Gasteiger partial charge in [-0.05, 0) is 29.3 Å². The molecule has 0 atom stereocenters. The fraction of sp³-hybridized carbons (Fsp3) is 0.0714. The summed E-state index contributed by atoms with van der Waals surface area (Å²) in [4.78, 5) is 0. The van der Waals surface area contributed by atoms with Gasteiger partial charge in [0.25, 0.3) is 0 Å². The van der Waals surface area contributed by atoms with E-state index in [4.69, 9.17) is 0 Å². The maximum absolute atomic E-state index is 13.5. The monoisotopic (exact) mass is 306 g/mol. The third kappa shape index (κ3) is 3.40. The highest BCUT2D eigenvalue weighted by Crippen LogP contribution is 2.12. The molecule has 4 heteroatoms. The number of alkyl halides is 1. The van der Waals surface area contributed by atoms with Gasteiger partial charge < -0.3 is 0 Å². The van der Waals surface area contributed by atoms with Crippen molar-refractivity contribution in [3.63, 3.8) is 0 Å². The van der Waals surface area contributed by atoms with E-state index in [1.165, 1.54) is 6.07 Å². The number of hydrogen-bond acceptors (Lipinski definition) is 2. The van der Waals surface area contributed by atoms with E-state index in [-0.39, 0.29) is 5.82 Å². The molecule has 2 aromatic rings. The molecule has 2 nitrogen and oxygen atoms in total. The van der Waals surface area contributed by atoms with Gasteiger partial charge in [-0.3, -0.25) is 5.43 Å². The summed E-state index contributed by atoms with van der Waals surface area (Å²) in [7, 11) is 0. The van der Waals surface area contributed by atoms with Crippen molar-refractivity contribution in [2.75, 3.05) is 5.43 Å². The first-order valence-electron chi connectivity index (χ1n) is 5.48. The zero-order valence-corrected chi connectivity index (χ0v) is 11.2. The van der Waals surface area contributed by atoms with Gasteiger partial charge in [-0.2, -0.15) is 5.10 Å². The molecule has 0 unspecified atom stereocenters. The molecule has 0 spiro atoms. The van der Waals surface area contributed by atoms with Crippen LogP contribution in [0.2, 0.25) is 0 Å². The maximum Gasteiger partial charge on any atom is 0.127 e. The molecule has 0 bridgehead atoms. The van der Waals surface area contributed by atoms with Gasteiger partial charge in [0.15, 0.2) is 0 Å². The molecular formula is C14H12BrFN2. The van der Waals surface area contributed by atoms with Crippen molar-refractivity contribution in [3.8, 4) is 0 Å². The number of para-hydroxylation sites is 1. The van der Waals surface area contributed by atoms with Gasteiger partial charge in [-0.15, -0.1) is 0 Å². The van der Waals surface area contributed by atoms with Gasteiger partial charge >= 0.3 is 0 Å². The van der Waals surface area contributed by atoms with E-state index in [9.17, 15) is 4.39 Å². The number of hydrazone groups is 1. The van der Waals surface area contributed by atoms with E-state index in [2.05, 4.69) is 26.5 Å². The lowest BCUT2D eigenvalue weighted by Gasteiger charge is -2.01. The zero-order chi connectivity index (χ0) is 12.8. The topological polar surface area (TPSA) is 24.4 Å². The Morgan fingerprint density at radius 3 is 2.61 bits per heavy atom. The molecule has 0 aliphatic rings. The van der Waals surface area contributed by atoms with Gasteiger partial charge in [0.1, 0.15) is 5.82 Å². The summed E-state index contributed by atoms with van der Waals surface area (Å²) >= 11 is 3.23. The second kappa shape index (κ2) is 6.31. The molecular weight excluding hydrogens is 295 g/mol. The summed E-state index contributed by atoms with van der Waals surface area (Å²) in [6.45, 7) is 0. The van der Waals surface area contributed by atoms with Crippen LogP contribution < -0.4 is 5.43 Å². The minimum absolute atomic E-state index is 0.226. The minimum atomic E-state index is -0.226. The molecule has 18 heavy (non-hydrogen) atoms. The van der Waals surface area contributed by atoms with Gasteiger partial charge in [-0.25, -0.2) is 4.39 Å². The smallest absolute Gasteiger partial charge is 0.127 e. The van der Waals surface area contributed by atoms with Crippen LogP contribution in [0.25, 0.3) is 0 Å². The molecule has 0 heterocycles. The molecule has 0 fully saturated rings. The Balaban J connectivity index is 2.03. The maximum atomic E-state index is 13.5. The van der Waals surface area contributed by atoms with E-state index < -0.39 is 0 Å². The summed E-state index contributed by atoms with van der Waals surface area (Å²) in [5, 5.41) is 4.57. The summed E-state index contributed by atoms with van der Waals surface area (Å²) in [5.41, 5.74) is 5.14. The summed E-state index contributed by atoms with van der Waals surface area (Å²) < 4.78 is 13.5. The standard InChI is InChI=1S/C14H12BrFN2/c15-9-12-7-6-11(8-14(12)16)10-17-18-13-4-2-1-3-5-13/h1-8,10,18H,9H2. The first kappa shape index (κ1) is 12.8. The highest BCUT2D eigenvalue weighted by Gasteiger charge is 2.00. The van der Waals surface area contributed by atoms with Crippen LogP contribution in [-0.2, 0) is 5.33 Å². The lowest BCUT2D eigenvalue weighted by molar-refractivity contribution is 0.617. The Kier molecular flexibility index (Phi) is 4.47. The summed E-state index contributed by atoms with van der Waals surface area (Å²) in [5.74, 6) is -0.226. The van der Waals surface area contributed by atoms with Gasteiger partial charge in [0.2, 0.25) is 0 Å². The normalized spacial score (nSPS) is 10.8. The van der Waals surface area contributed by atoms with Crippen molar-refractivity contribution < 1.29 is 4.39 Å². The lowest BCUT2D eigenvalue weighted by Crippen LogP contribution is -1.92. The largest absolute Gasteiger partial charge is 0.279 e. The quantitative estimate of drug-likeness (QED) is 0.512. The van der Waals surface area contributed by atoms with Crippen molar-refractivity contribution >= 4 is 27.8 Å². The van der Waals surface area contributed by atoms with Crippen LogP contribution in [0.1, 0.15) is 11.1 Å². The minimum Gasteiger partial charge on any atom is -0.279 e. The molecule has 2 aromatic carbocycles. The van der Waals surface area contributed by atoms with E-state index in [1.807, 2.05) is 36.4 Å². The molecule has 0 amide bonds. The predicted octanol–water partition coefficient (Wildman–Crippen LogP) is 4.17. The first-order valence-corrected chi connectivity index (χ1v) is 6.60. The number of nitrogens with zero attached hydrogens (tertiary/aromatic N) is 1. The van der Waals surface area contributed by atoms with Crippen LogP contribution >= 0.6 is 15.9 Å². The highest BCUT2D eigenvalue weighted by atomic mass is 79.9. The number of hydrogen-bond donors (Lipinski definition) is 1. The van der Waals surface area contributed by atoms with E-state index in [1.54, 1.807) is 12.3 Å². The fourth-order valence-electron chi connectivity index (χ4n) is 1.45. The molecule has 0 saturated carbocycles.